The second kappa shape index (κ2) is 5.93. The van der Waals surface area contributed by atoms with Crippen molar-refractivity contribution in [2.24, 2.45) is 5.41 Å². The number of morpholine rings is 1. The number of aryl methyl sites for hydroxylation is 1. The van der Waals surface area contributed by atoms with E-state index in [4.69, 9.17) is 20.9 Å². The average molecular weight is 419 g/mol. The van der Waals surface area contributed by atoms with Crippen molar-refractivity contribution in [1.29, 1.82) is 0 Å². The number of nitrogens with one attached hydrogen (secondary N) is 2. The number of rotatable bonds is 0. The highest BCUT2D eigenvalue weighted by Gasteiger charge is 2.63. The third-order valence-corrected chi connectivity index (χ3v) is 6.50. The van der Waals surface area contributed by atoms with E-state index >= 15 is 0 Å². The molecule has 4 heterocycles. The number of aromatic nitrogens is 1. The average Bonchev–Trinajstić information content (AvgIpc) is 3.00. The maximum Gasteiger partial charge on any atom is 0.328 e. The summed E-state index contributed by atoms with van der Waals surface area (Å²) in [4.78, 5) is 39.9. The first kappa shape index (κ1) is 18.4. The Morgan fingerprint density at radius 1 is 1.24 bits per heavy atom. The molecule has 5 rings (SSSR count). The number of fused-ring (bicyclic) bond motifs is 5. The summed E-state index contributed by atoms with van der Waals surface area (Å²) < 4.78 is 11.4. The van der Waals surface area contributed by atoms with Crippen LogP contribution in [0, 0.1) is 12.3 Å². The van der Waals surface area contributed by atoms with Crippen LogP contribution >= 0.6 is 11.6 Å². The van der Waals surface area contributed by atoms with E-state index in [1.54, 1.807) is 6.92 Å². The number of anilines is 1. The van der Waals surface area contributed by atoms with Gasteiger partial charge in [-0.05, 0) is 38.8 Å². The maximum atomic E-state index is 13.1. The molecule has 3 atom stereocenters. The molecule has 10 heteroatoms. The van der Waals surface area contributed by atoms with Gasteiger partial charge in [0.25, 0.3) is 0 Å². The lowest BCUT2D eigenvalue weighted by molar-refractivity contribution is -0.153. The maximum absolute atomic E-state index is 13.1. The van der Waals surface area contributed by atoms with E-state index in [0.717, 1.165) is 10.9 Å². The van der Waals surface area contributed by atoms with Gasteiger partial charge in [0, 0.05) is 11.9 Å². The molecule has 2 fully saturated rings. The van der Waals surface area contributed by atoms with Crippen molar-refractivity contribution in [3.05, 3.63) is 22.3 Å². The van der Waals surface area contributed by atoms with Gasteiger partial charge < -0.3 is 14.2 Å². The van der Waals surface area contributed by atoms with Crippen molar-refractivity contribution in [3.63, 3.8) is 0 Å². The van der Waals surface area contributed by atoms with Crippen LogP contribution in [-0.4, -0.2) is 47.8 Å². The summed E-state index contributed by atoms with van der Waals surface area (Å²) in [5.41, 5.74) is 1.05. The summed E-state index contributed by atoms with van der Waals surface area (Å²) >= 11 is 6.74. The summed E-state index contributed by atoms with van der Waals surface area (Å²) in [5, 5.41) is 9.66. The molecule has 2 N–H and O–H groups in total. The van der Waals surface area contributed by atoms with E-state index in [1.165, 1.54) is 0 Å². The fraction of sp³-hybridized carbons (Fsp3) is 0.474. The molecular formula is C19H19ClN4O5. The summed E-state index contributed by atoms with van der Waals surface area (Å²) in [6.45, 7) is 5.97. The topological polar surface area (TPSA) is 114 Å². The van der Waals surface area contributed by atoms with Gasteiger partial charge in [0.05, 0.1) is 29.6 Å². The van der Waals surface area contributed by atoms with Crippen molar-refractivity contribution < 1.29 is 23.6 Å². The van der Waals surface area contributed by atoms with Crippen LogP contribution < -0.4 is 15.5 Å². The molecule has 2 saturated heterocycles. The van der Waals surface area contributed by atoms with Crippen LogP contribution in [-0.2, 0) is 20.7 Å². The smallest absolute Gasteiger partial charge is 0.328 e. The minimum atomic E-state index is -1.53. The number of hydrogen-bond donors (Lipinski definition) is 2. The Morgan fingerprint density at radius 2 is 1.93 bits per heavy atom. The van der Waals surface area contributed by atoms with Gasteiger partial charge >= 0.3 is 6.03 Å². The van der Waals surface area contributed by atoms with Gasteiger partial charge in [-0.1, -0.05) is 16.8 Å². The molecule has 3 aliphatic rings. The van der Waals surface area contributed by atoms with Gasteiger partial charge in [0.1, 0.15) is 5.02 Å². The number of carbonyl (C=O) groups is 3. The predicted molar refractivity (Wildman–Crippen MR) is 103 cm³/mol. The highest BCUT2D eigenvalue weighted by Crippen LogP contribution is 2.51. The SMILES string of the molecule is Cc1noc2c(Cl)c3c(cc12)CC1(C(=O)NC(=O)NC1=O)C1C(C)OC(C)CN31. The number of urea groups is 1. The van der Waals surface area contributed by atoms with E-state index in [-0.39, 0.29) is 12.5 Å². The Bertz CT molecular complexity index is 1080. The van der Waals surface area contributed by atoms with Gasteiger partial charge in [0.15, 0.2) is 11.0 Å². The van der Waals surface area contributed by atoms with Gasteiger partial charge in [-0.2, -0.15) is 0 Å². The summed E-state index contributed by atoms with van der Waals surface area (Å²) in [5.74, 6) is -1.26. The number of barbiturate groups is 1. The lowest BCUT2D eigenvalue weighted by atomic mass is 9.66. The quantitative estimate of drug-likeness (QED) is 0.625. The number of hydrogen-bond acceptors (Lipinski definition) is 7. The van der Waals surface area contributed by atoms with E-state index in [0.29, 0.717) is 28.5 Å². The minimum absolute atomic E-state index is 0.0802. The number of carbonyl (C=O) groups excluding carboxylic acids is 3. The summed E-state index contributed by atoms with van der Waals surface area (Å²) in [6, 6.07) is 0.407. The normalized spacial score (nSPS) is 28.2. The van der Waals surface area contributed by atoms with E-state index in [9.17, 15) is 14.4 Å². The Balaban J connectivity index is 1.79. The van der Waals surface area contributed by atoms with E-state index in [2.05, 4.69) is 15.8 Å². The molecule has 1 spiro atoms. The molecular weight excluding hydrogens is 400 g/mol. The molecule has 3 aliphatic heterocycles. The van der Waals surface area contributed by atoms with Crippen molar-refractivity contribution in [3.8, 4) is 0 Å². The molecule has 1 aromatic heterocycles. The molecule has 0 aliphatic carbocycles. The second-order valence-corrected chi connectivity index (χ2v) is 8.36. The van der Waals surface area contributed by atoms with Gasteiger partial charge in [-0.15, -0.1) is 0 Å². The zero-order valence-electron chi connectivity index (χ0n) is 16.0. The van der Waals surface area contributed by atoms with Crippen LogP contribution in [0.3, 0.4) is 0 Å². The Kier molecular flexibility index (Phi) is 3.76. The number of nitrogens with zero attached hydrogens (tertiary/aromatic N) is 2. The van der Waals surface area contributed by atoms with Crippen LogP contribution in [0.5, 0.6) is 0 Å². The first-order valence-electron chi connectivity index (χ1n) is 9.40. The fourth-order valence-corrected chi connectivity index (χ4v) is 5.43. The first-order chi connectivity index (χ1) is 13.7. The van der Waals surface area contributed by atoms with E-state index in [1.807, 2.05) is 24.8 Å². The third kappa shape index (κ3) is 2.31. The number of benzene rings is 1. The molecule has 0 bridgehead atoms. The first-order valence-corrected chi connectivity index (χ1v) is 9.78. The predicted octanol–water partition coefficient (Wildman–Crippen LogP) is 1.68. The van der Waals surface area contributed by atoms with E-state index < -0.39 is 35.4 Å². The molecule has 3 unspecified atom stereocenters. The molecule has 29 heavy (non-hydrogen) atoms. The molecule has 0 saturated carbocycles. The van der Waals surface area contributed by atoms with Crippen molar-refractivity contribution >= 4 is 46.1 Å². The van der Waals surface area contributed by atoms with Crippen molar-refractivity contribution in [2.75, 3.05) is 11.4 Å². The largest absolute Gasteiger partial charge is 0.372 e. The number of ether oxygens (including phenoxy) is 1. The lowest BCUT2D eigenvalue weighted by Crippen LogP contribution is -2.75. The molecule has 4 amide bonds. The Morgan fingerprint density at radius 3 is 2.62 bits per heavy atom. The third-order valence-electron chi connectivity index (χ3n) is 6.15. The highest BCUT2D eigenvalue weighted by molar-refractivity contribution is 6.38. The zero-order valence-corrected chi connectivity index (χ0v) is 16.8. The minimum Gasteiger partial charge on any atom is -0.372 e. The highest BCUT2D eigenvalue weighted by atomic mass is 35.5. The van der Waals surface area contributed by atoms with Gasteiger partial charge in [0.2, 0.25) is 11.8 Å². The summed E-state index contributed by atoms with van der Waals surface area (Å²) in [6.07, 6.45) is -0.528. The van der Waals surface area contributed by atoms with Crippen molar-refractivity contribution in [2.45, 2.75) is 45.4 Å². The monoisotopic (exact) mass is 418 g/mol. The molecule has 9 nitrogen and oxygen atoms in total. The lowest BCUT2D eigenvalue weighted by Gasteiger charge is -2.55. The molecule has 152 valence electrons. The van der Waals surface area contributed by atoms with Crippen LogP contribution in [0.4, 0.5) is 10.5 Å². The summed E-state index contributed by atoms with van der Waals surface area (Å²) in [7, 11) is 0. The number of amides is 4. The number of imide groups is 2. The zero-order chi connectivity index (χ0) is 20.7. The molecule has 0 radical (unpaired) electrons. The van der Waals surface area contributed by atoms with Crippen LogP contribution in [0.2, 0.25) is 5.02 Å². The standard InChI is InChI=1S/C19H19ClN4O5/c1-7-6-24-13-10(4-11-8(2)23-29-14(11)12(13)20)5-19(15(24)9(3)28-7)16(25)21-18(27)22-17(19)26/h4,7,9,15H,5-6H2,1-3H3,(H2,21,22,25,26,27). The number of halogens is 1. The Labute approximate surface area is 170 Å². The van der Waals surface area contributed by atoms with Crippen molar-refractivity contribution in [1.82, 2.24) is 15.8 Å². The van der Waals surface area contributed by atoms with Crippen LogP contribution in [0.1, 0.15) is 25.1 Å². The van der Waals surface area contributed by atoms with Crippen LogP contribution in [0.25, 0.3) is 11.0 Å². The van der Waals surface area contributed by atoms with Gasteiger partial charge in [-0.25, -0.2) is 4.79 Å². The Hall–Kier alpha value is -2.65. The van der Waals surface area contributed by atoms with Crippen LogP contribution in [0.15, 0.2) is 10.6 Å². The van der Waals surface area contributed by atoms with Gasteiger partial charge in [-0.3, -0.25) is 20.2 Å². The molecule has 1 aromatic carbocycles. The fourth-order valence-electron chi connectivity index (χ4n) is 5.06. The molecule has 2 aromatic rings. The second-order valence-electron chi connectivity index (χ2n) is 7.98.